The summed E-state index contributed by atoms with van der Waals surface area (Å²) >= 11 is 0. The number of hydrogen-bond acceptors (Lipinski definition) is 5. The first-order valence-corrected chi connectivity index (χ1v) is 3.50. The smallest absolute Gasteiger partial charge is 0.360 e. The molecule has 13 heavy (non-hydrogen) atoms. The molecular weight excluding hydrogens is 172 g/mol. The SMILES string of the molecule is COC(=O)C(=NO)c1cccnc1. The van der Waals surface area contributed by atoms with Crippen molar-refractivity contribution in [1.82, 2.24) is 4.98 Å². The van der Waals surface area contributed by atoms with E-state index in [0.29, 0.717) is 5.56 Å². The zero-order valence-electron chi connectivity index (χ0n) is 6.97. The molecule has 5 heteroatoms. The standard InChI is InChI=1S/C8H8N2O3/c1-13-8(11)7(10-12)6-3-2-4-9-5-6/h2-5,12H,1H3. The number of nitrogens with zero attached hydrogens (tertiary/aromatic N) is 2. The molecule has 0 atom stereocenters. The van der Waals surface area contributed by atoms with Gasteiger partial charge in [-0.1, -0.05) is 5.16 Å². The van der Waals surface area contributed by atoms with Crippen molar-refractivity contribution in [3.8, 4) is 0 Å². The molecule has 0 saturated heterocycles. The third-order valence-electron chi connectivity index (χ3n) is 1.41. The summed E-state index contributed by atoms with van der Waals surface area (Å²) in [4.78, 5) is 14.8. The van der Waals surface area contributed by atoms with Crippen molar-refractivity contribution in [2.75, 3.05) is 7.11 Å². The van der Waals surface area contributed by atoms with Gasteiger partial charge in [0.2, 0.25) is 0 Å². The predicted molar refractivity (Wildman–Crippen MR) is 44.6 cm³/mol. The fourth-order valence-corrected chi connectivity index (χ4v) is 0.816. The summed E-state index contributed by atoms with van der Waals surface area (Å²) in [5.74, 6) is -0.699. The molecule has 0 fully saturated rings. The molecule has 0 unspecified atom stereocenters. The Hall–Kier alpha value is -1.91. The quantitative estimate of drug-likeness (QED) is 0.310. The Bertz CT molecular complexity index is 321. The minimum Gasteiger partial charge on any atom is -0.464 e. The lowest BCUT2D eigenvalue weighted by atomic mass is 10.2. The van der Waals surface area contributed by atoms with Crippen LogP contribution in [0.5, 0.6) is 0 Å². The molecule has 1 heterocycles. The van der Waals surface area contributed by atoms with E-state index in [1.54, 1.807) is 18.3 Å². The van der Waals surface area contributed by atoms with Crippen LogP contribution in [0.3, 0.4) is 0 Å². The van der Waals surface area contributed by atoms with Crippen LogP contribution in [0.1, 0.15) is 5.56 Å². The molecule has 1 aromatic heterocycles. The van der Waals surface area contributed by atoms with Gasteiger partial charge in [-0.2, -0.15) is 0 Å². The van der Waals surface area contributed by atoms with E-state index in [2.05, 4.69) is 14.9 Å². The van der Waals surface area contributed by atoms with Crippen LogP contribution in [0.15, 0.2) is 29.7 Å². The van der Waals surface area contributed by atoms with Crippen molar-refractivity contribution < 1.29 is 14.7 Å². The van der Waals surface area contributed by atoms with Crippen molar-refractivity contribution in [2.24, 2.45) is 5.16 Å². The molecule has 0 aliphatic carbocycles. The Morgan fingerprint density at radius 1 is 1.69 bits per heavy atom. The van der Waals surface area contributed by atoms with E-state index in [1.165, 1.54) is 13.3 Å². The van der Waals surface area contributed by atoms with Gasteiger partial charge in [-0.3, -0.25) is 4.98 Å². The van der Waals surface area contributed by atoms with Gasteiger partial charge in [-0.15, -0.1) is 0 Å². The lowest BCUT2D eigenvalue weighted by Crippen LogP contribution is -2.17. The molecule has 1 rings (SSSR count). The van der Waals surface area contributed by atoms with Gasteiger partial charge in [0, 0.05) is 18.0 Å². The van der Waals surface area contributed by atoms with Crippen LogP contribution < -0.4 is 0 Å². The lowest BCUT2D eigenvalue weighted by molar-refractivity contribution is -0.132. The summed E-state index contributed by atoms with van der Waals surface area (Å²) in [5, 5.41) is 11.4. The van der Waals surface area contributed by atoms with Gasteiger partial charge < -0.3 is 9.94 Å². The van der Waals surface area contributed by atoms with Crippen LogP contribution in [0.2, 0.25) is 0 Å². The van der Waals surface area contributed by atoms with E-state index in [4.69, 9.17) is 5.21 Å². The Morgan fingerprint density at radius 3 is 2.92 bits per heavy atom. The Morgan fingerprint density at radius 2 is 2.46 bits per heavy atom. The highest BCUT2D eigenvalue weighted by Crippen LogP contribution is 1.99. The Labute approximate surface area is 74.7 Å². The molecule has 1 aromatic rings. The molecule has 0 saturated carbocycles. The van der Waals surface area contributed by atoms with Gasteiger partial charge in [0.15, 0.2) is 5.71 Å². The van der Waals surface area contributed by atoms with Crippen LogP contribution in [0.25, 0.3) is 0 Å². The summed E-state index contributed by atoms with van der Waals surface area (Å²) in [6.07, 6.45) is 2.96. The number of oxime groups is 1. The van der Waals surface area contributed by atoms with Crippen LogP contribution in [0.4, 0.5) is 0 Å². The summed E-state index contributed by atoms with van der Waals surface area (Å²) in [5.41, 5.74) is 0.257. The Balaban J connectivity index is 3.00. The highest BCUT2D eigenvalue weighted by molar-refractivity contribution is 6.43. The second-order valence-corrected chi connectivity index (χ2v) is 2.18. The fraction of sp³-hybridized carbons (Fsp3) is 0.125. The van der Waals surface area contributed by atoms with Crippen LogP contribution >= 0.6 is 0 Å². The minimum atomic E-state index is -0.699. The second-order valence-electron chi connectivity index (χ2n) is 2.18. The van der Waals surface area contributed by atoms with Gasteiger partial charge in [-0.05, 0) is 12.1 Å². The number of ether oxygens (including phenoxy) is 1. The number of hydrogen-bond donors (Lipinski definition) is 1. The maximum Gasteiger partial charge on any atom is 0.360 e. The van der Waals surface area contributed by atoms with E-state index in [1.807, 2.05) is 0 Å². The zero-order chi connectivity index (χ0) is 9.68. The minimum absolute atomic E-state index is 0.157. The van der Waals surface area contributed by atoms with E-state index in [0.717, 1.165) is 0 Å². The number of aromatic nitrogens is 1. The number of esters is 1. The molecule has 0 aliphatic heterocycles. The van der Waals surface area contributed by atoms with E-state index < -0.39 is 5.97 Å². The third kappa shape index (κ3) is 2.02. The maximum atomic E-state index is 11.0. The first kappa shape index (κ1) is 9.18. The second kappa shape index (κ2) is 4.20. The molecule has 0 bridgehead atoms. The molecule has 0 radical (unpaired) electrons. The maximum absolute atomic E-state index is 11.0. The number of rotatable bonds is 2. The molecule has 0 aromatic carbocycles. The average Bonchev–Trinajstić information content (AvgIpc) is 2.20. The summed E-state index contributed by atoms with van der Waals surface area (Å²) in [6.45, 7) is 0. The molecule has 0 amide bonds. The number of carbonyl (C=O) groups excluding carboxylic acids is 1. The van der Waals surface area contributed by atoms with Gasteiger partial charge in [0.25, 0.3) is 0 Å². The summed E-state index contributed by atoms with van der Waals surface area (Å²) < 4.78 is 4.40. The number of pyridine rings is 1. The lowest BCUT2D eigenvalue weighted by Gasteiger charge is -2.00. The Kier molecular flexibility index (Phi) is 2.97. The molecular formula is C8H8N2O3. The van der Waals surface area contributed by atoms with Crippen LogP contribution in [-0.2, 0) is 9.53 Å². The van der Waals surface area contributed by atoms with Crippen molar-refractivity contribution in [3.63, 3.8) is 0 Å². The normalized spacial score (nSPS) is 11.0. The van der Waals surface area contributed by atoms with Crippen molar-refractivity contribution in [2.45, 2.75) is 0 Å². The summed E-state index contributed by atoms with van der Waals surface area (Å²) in [6, 6.07) is 3.22. The predicted octanol–water partition coefficient (Wildman–Crippen LogP) is 0.433. The molecule has 0 spiro atoms. The third-order valence-corrected chi connectivity index (χ3v) is 1.41. The summed E-state index contributed by atoms with van der Waals surface area (Å²) in [7, 11) is 1.21. The highest BCUT2D eigenvalue weighted by atomic mass is 16.5. The molecule has 0 aliphatic rings. The largest absolute Gasteiger partial charge is 0.464 e. The number of carbonyl (C=O) groups is 1. The fourth-order valence-electron chi connectivity index (χ4n) is 0.816. The molecule has 1 N–H and O–H groups in total. The van der Waals surface area contributed by atoms with E-state index in [-0.39, 0.29) is 5.71 Å². The van der Waals surface area contributed by atoms with E-state index >= 15 is 0 Å². The van der Waals surface area contributed by atoms with Crippen molar-refractivity contribution in [1.29, 1.82) is 0 Å². The first-order chi connectivity index (χ1) is 6.29. The van der Waals surface area contributed by atoms with Gasteiger partial charge in [0.05, 0.1) is 7.11 Å². The van der Waals surface area contributed by atoms with Gasteiger partial charge in [0.1, 0.15) is 0 Å². The molecule has 68 valence electrons. The monoisotopic (exact) mass is 180 g/mol. The van der Waals surface area contributed by atoms with E-state index in [9.17, 15) is 4.79 Å². The number of methoxy groups -OCH3 is 1. The highest BCUT2D eigenvalue weighted by Gasteiger charge is 2.14. The first-order valence-electron chi connectivity index (χ1n) is 3.50. The zero-order valence-corrected chi connectivity index (χ0v) is 6.97. The van der Waals surface area contributed by atoms with Crippen LogP contribution in [0, 0.1) is 0 Å². The van der Waals surface area contributed by atoms with Gasteiger partial charge >= 0.3 is 5.97 Å². The topological polar surface area (TPSA) is 71.8 Å². The van der Waals surface area contributed by atoms with Crippen molar-refractivity contribution in [3.05, 3.63) is 30.1 Å². The van der Waals surface area contributed by atoms with Gasteiger partial charge in [-0.25, -0.2) is 4.79 Å². The molecule has 5 nitrogen and oxygen atoms in total. The van der Waals surface area contributed by atoms with Crippen molar-refractivity contribution >= 4 is 11.7 Å². The average molecular weight is 180 g/mol. The van der Waals surface area contributed by atoms with Crippen LogP contribution in [-0.4, -0.2) is 29.0 Å².